The average molecular weight is 426 g/mol. The van der Waals surface area contributed by atoms with Gasteiger partial charge in [0.05, 0.1) is 0 Å². The second-order valence-electron chi connectivity index (χ2n) is 9.68. The van der Waals surface area contributed by atoms with Gasteiger partial charge in [-0.1, -0.05) is 12.1 Å². The molecule has 0 spiro atoms. The van der Waals surface area contributed by atoms with Crippen LogP contribution in [0.25, 0.3) is 5.57 Å². The zero-order chi connectivity index (χ0) is 22.3. The van der Waals surface area contributed by atoms with Gasteiger partial charge in [0.25, 0.3) is 0 Å². The van der Waals surface area contributed by atoms with Crippen molar-refractivity contribution in [2.24, 2.45) is 0 Å². The average Bonchev–Trinajstić information content (AvgIpc) is 3.02. The predicted molar refractivity (Wildman–Crippen MR) is 119 cm³/mol. The van der Waals surface area contributed by atoms with Crippen molar-refractivity contribution in [1.82, 2.24) is 10.2 Å². The van der Waals surface area contributed by atoms with E-state index in [2.05, 4.69) is 41.4 Å². The predicted octanol–water partition coefficient (Wildman–Crippen LogP) is 3.27. The topological polar surface area (TPSA) is 79.0 Å². The highest BCUT2D eigenvalue weighted by atomic mass is 16.6. The lowest BCUT2D eigenvalue weighted by molar-refractivity contribution is -0.134. The maximum Gasteiger partial charge on any atom is 0.410 e. The molecule has 3 amide bonds. The molecule has 3 aliphatic heterocycles. The third-order valence-corrected chi connectivity index (χ3v) is 6.13. The van der Waals surface area contributed by atoms with Gasteiger partial charge in [0.1, 0.15) is 11.6 Å². The van der Waals surface area contributed by atoms with Gasteiger partial charge in [-0.25, -0.2) is 4.79 Å². The van der Waals surface area contributed by atoms with Gasteiger partial charge in [-0.2, -0.15) is 0 Å². The number of piperidine rings is 1. The van der Waals surface area contributed by atoms with Gasteiger partial charge in [-0.15, -0.1) is 0 Å². The van der Waals surface area contributed by atoms with E-state index in [1.54, 1.807) is 4.90 Å². The van der Waals surface area contributed by atoms with Crippen molar-refractivity contribution in [3.8, 4) is 0 Å². The third-order valence-electron chi connectivity index (χ3n) is 6.13. The molecule has 1 fully saturated rings. The second-order valence-corrected chi connectivity index (χ2v) is 9.68. The summed E-state index contributed by atoms with van der Waals surface area (Å²) >= 11 is 0. The van der Waals surface area contributed by atoms with Crippen LogP contribution in [0.15, 0.2) is 24.3 Å². The first-order chi connectivity index (χ1) is 14.6. The van der Waals surface area contributed by atoms with Crippen LogP contribution in [0.1, 0.15) is 58.1 Å². The van der Waals surface area contributed by atoms with Crippen LogP contribution < -0.4 is 10.2 Å². The van der Waals surface area contributed by atoms with E-state index in [1.165, 1.54) is 16.7 Å². The Kier molecular flexibility index (Phi) is 5.54. The van der Waals surface area contributed by atoms with Gasteiger partial charge in [-0.05, 0) is 75.8 Å². The molecule has 1 aromatic carbocycles. The molecular formula is C24H31N3O4. The highest BCUT2D eigenvalue weighted by Crippen LogP contribution is 2.38. The van der Waals surface area contributed by atoms with Crippen LogP contribution in [-0.2, 0) is 20.7 Å². The van der Waals surface area contributed by atoms with Crippen molar-refractivity contribution in [2.75, 3.05) is 18.0 Å². The van der Waals surface area contributed by atoms with Crippen LogP contribution in [0.2, 0.25) is 0 Å². The summed E-state index contributed by atoms with van der Waals surface area (Å²) in [5, 5.41) is 2.48. The number of hydrogen-bond acceptors (Lipinski definition) is 5. The standard InChI is InChI=1S/C24H31N3O4/c1-15-13-18-14-17(16-9-11-26(12-10-16)23(30)31-24(2,3)4)5-6-19(18)27(15)20-7-8-21(28)25-22(20)29/h5-6,9,14-15,20H,7-8,10-13H2,1-4H3,(H,25,28,29). The molecule has 0 aromatic heterocycles. The van der Waals surface area contributed by atoms with Gasteiger partial charge in [-0.3, -0.25) is 14.9 Å². The summed E-state index contributed by atoms with van der Waals surface area (Å²) in [6.07, 6.45) is 4.43. The number of imide groups is 1. The van der Waals surface area contributed by atoms with Gasteiger partial charge in [0.2, 0.25) is 11.8 Å². The van der Waals surface area contributed by atoms with Crippen molar-refractivity contribution in [3.05, 3.63) is 35.4 Å². The van der Waals surface area contributed by atoms with Gasteiger partial charge in [0, 0.05) is 31.2 Å². The van der Waals surface area contributed by atoms with Crippen molar-refractivity contribution >= 4 is 29.2 Å². The zero-order valence-electron chi connectivity index (χ0n) is 18.7. The SMILES string of the molecule is CC1Cc2cc(C3=CCN(C(=O)OC(C)(C)C)CC3)ccc2N1C1CCC(=O)NC1=O. The van der Waals surface area contributed by atoms with E-state index < -0.39 is 5.60 Å². The minimum atomic E-state index is -0.494. The van der Waals surface area contributed by atoms with E-state index in [9.17, 15) is 14.4 Å². The van der Waals surface area contributed by atoms with Gasteiger partial charge < -0.3 is 14.5 Å². The molecule has 0 radical (unpaired) electrons. The Bertz CT molecular complexity index is 947. The Labute approximate surface area is 183 Å². The second kappa shape index (κ2) is 8.02. The first-order valence-corrected chi connectivity index (χ1v) is 11.0. The maximum atomic E-state index is 12.4. The van der Waals surface area contributed by atoms with Crippen molar-refractivity contribution in [2.45, 2.75) is 71.1 Å². The largest absolute Gasteiger partial charge is 0.444 e. The van der Waals surface area contributed by atoms with Crippen LogP contribution in [0.5, 0.6) is 0 Å². The Morgan fingerprint density at radius 1 is 1.19 bits per heavy atom. The van der Waals surface area contributed by atoms with Crippen LogP contribution in [0, 0.1) is 0 Å². The van der Waals surface area contributed by atoms with E-state index in [0.717, 1.165) is 18.5 Å². The van der Waals surface area contributed by atoms with E-state index in [0.29, 0.717) is 25.9 Å². The van der Waals surface area contributed by atoms with Crippen LogP contribution in [-0.4, -0.2) is 53.6 Å². The Balaban J connectivity index is 1.48. The summed E-state index contributed by atoms with van der Waals surface area (Å²) in [5.74, 6) is -0.384. The van der Waals surface area contributed by atoms with Gasteiger partial charge >= 0.3 is 6.09 Å². The molecule has 2 atom stereocenters. The monoisotopic (exact) mass is 425 g/mol. The highest BCUT2D eigenvalue weighted by molar-refractivity contribution is 6.02. The number of carbonyl (C=O) groups excluding carboxylic acids is 3. The molecule has 1 N–H and O–H groups in total. The minimum absolute atomic E-state index is 0.187. The van der Waals surface area contributed by atoms with Crippen molar-refractivity contribution in [1.29, 1.82) is 0 Å². The summed E-state index contributed by atoms with van der Waals surface area (Å²) in [6, 6.07) is 6.32. The fourth-order valence-electron chi connectivity index (χ4n) is 4.70. The summed E-state index contributed by atoms with van der Waals surface area (Å²) in [5.41, 5.74) is 4.21. The van der Waals surface area contributed by atoms with E-state index in [1.807, 2.05) is 20.8 Å². The molecular weight excluding hydrogens is 394 g/mol. The molecule has 1 saturated heterocycles. The third kappa shape index (κ3) is 4.45. The number of anilines is 1. The quantitative estimate of drug-likeness (QED) is 0.736. The number of amides is 3. The van der Waals surface area contributed by atoms with Crippen LogP contribution in [0.3, 0.4) is 0 Å². The first kappa shape index (κ1) is 21.4. The van der Waals surface area contributed by atoms with Crippen molar-refractivity contribution in [3.63, 3.8) is 0 Å². The lowest BCUT2D eigenvalue weighted by atomic mass is 9.96. The number of hydrogen-bond donors (Lipinski definition) is 1. The summed E-state index contributed by atoms with van der Waals surface area (Å²) in [4.78, 5) is 40.1. The van der Waals surface area contributed by atoms with E-state index in [4.69, 9.17) is 4.74 Å². The molecule has 1 aromatic rings. The minimum Gasteiger partial charge on any atom is -0.444 e. The number of nitrogens with zero attached hydrogens (tertiary/aromatic N) is 2. The van der Waals surface area contributed by atoms with Crippen LogP contribution in [0.4, 0.5) is 10.5 Å². The first-order valence-electron chi connectivity index (χ1n) is 11.0. The number of rotatable bonds is 2. The molecule has 7 heteroatoms. The number of carbonyl (C=O) groups is 3. The summed E-state index contributed by atoms with van der Waals surface area (Å²) in [6.45, 7) is 8.93. The zero-order valence-corrected chi connectivity index (χ0v) is 18.7. The molecule has 166 valence electrons. The number of ether oxygens (including phenoxy) is 1. The van der Waals surface area contributed by atoms with Crippen LogP contribution >= 0.6 is 0 Å². The molecule has 0 bridgehead atoms. The Morgan fingerprint density at radius 3 is 2.61 bits per heavy atom. The highest BCUT2D eigenvalue weighted by Gasteiger charge is 2.38. The molecule has 3 heterocycles. The maximum absolute atomic E-state index is 12.4. The fraction of sp³-hybridized carbons (Fsp3) is 0.542. The molecule has 7 nitrogen and oxygen atoms in total. The van der Waals surface area contributed by atoms with E-state index >= 15 is 0 Å². The van der Waals surface area contributed by atoms with Gasteiger partial charge in [0.15, 0.2) is 0 Å². The molecule has 0 saturated carbocycles. The number of nitrogens with one attached hydrogen (secondary N) is 1. The van der Waals surface area contributed by atoms with Crippen molar-refractivity contribution < 1.29 is 19.1 Å². The summed E-state index contributed by atoms with van der Waals surface area (Å²) < 4.78 is 5.47. The number of benzene rings is 1. The smallest absolute Gasteiger partial charge is 0.410 e. The molecule has 0 aliphatic carbocycles. The molecule has 3 aliphatic rings. The van der Waals surface area contributed by atoms with E-state index in [-0.39, 0.29) is 30.0 Å². The molecule has 31 heavy (non-hydrogen) atoms. The lowest BCUT2D eigenvalue weighted by Crippen LogP contribution is -2.54. The summed E-state index contributed by atoms with van der Waals surface area (Å²) in [7, 11) is 0. The molecule has 2 unspecified atom stereocenters. The normalized spacial score (nSPS) is 23.9. The Morgan fingerprint density at radius 2 is 1.97 bits per heavy atom. The Hall–Kier alpha value is -2.83. The fourth-order valence-corrected chi connectivity index (χ4v) is 4.70. The molecule has 4 rings (SSSR count). The lowest BCUT2D eigenvalue weighted by Gasteiger charge is -2.35. The number of fused-ring (bicyclic) bond motifs is 1.